The number of nitrogens with zero attached hydrogens (tertiary/aromatic N) is 3. The van der Waals surface area contributed by atoms with Gasteiger partial charge in [0.25, 0.3) is 5.56 Å². The van der Waals surface area contributed by atoms with Gasteiger partial charge in [0.05, 0.1) is 22.5 Å². The predicted molar refractivity (Wildman–Crippen MR) is 163 cm³/mol. The van der Waals surface area contributed by atoms with Crippen molar-refractivity contribution in [3.05, 3.63) is 113 Å². The Kier molecular flexibility index (Phi) is 9.33. The summed E-state index contributed by atoms with van der Waals surface area (Å²) in [6, 6.07) is 25.8. The number of likely N-dealkylation sites (tertiary alicyclic amines) is 1. The van der Waals surface area contributed by atoms with Gasteiger partial charge in [-0.1, -0.05) is 54.6 Å². The van der Waals surface area contributed by atoms with Gasteiger partial charge in [0.2, 0.25) is 5.91 Å². The third-order valence-corrected chi connectivity index (χ3v) is 7.30. The van der Waals surface area contributed by atoms with Crippen LogP contribution in [0.25, 0.3) is 33.3 Å². The molecule has 1 aliphatic heterocycles. The van der Waals surface area contributed by atoms with Crippen molar-refractivity contribution in [3.8, 4) is 22.4 Å². The lowest BCUT2D eigenvalue weighted by molar-refractivity contribution is -0.192. The summed E-state index contributed by atoms with van der Waals surface area (Å²) in [5, 5.41) is 10.7. The zero-order valence-corrected chi connectivity index (χ0v) is 23.8. The Balaban J connectivity index is 0.000000515. The first-order chi connectivity index (χ1) is 21.6. The summed E-state index contributed by atoms with van der Waals surface area (Å²) < 4.78 is 31.7. The van der Waals surface area contributed by atoms with Gasteiger partial charge in [-0.25, -0.2) is 9.78 Å². The van der Waals surface area contributed by atoms with E-state index in [1.165, 1.54) is 5.56 Å². The zero-order chi connectivity index (χ0) is 32.0. The van der Waals surface area contributed by atoms with E-state index in [1.54, 1.807) is 30.7 Å². The summed E-state index contributed by atoms with van der Waals surface area (Å²) in [5.41, 5.74) is 6.25. The average molecular weight is 616 g/mol. The van der Waals surface area contributed by atoms with Crippen LogP contribution in [0, 0.1) is 5.92 Å². The number of alkyl halides is 3. The maximum Gasteiger partial charge on any atom is 0.490 e. The fourth-order valence-electron chi connectivity index (χ4n) is 5.06. The van der Waals surface area contributed by atoms with Crippen molar-refractivity contribution < 1.29 is 27.9 Å². The predicted octanol–water partition coefficient (Wildman–Crippen LogP) is 5.75. The third-order valence-electron chi connectivity index (χ3n) is 7.30. The minimum absolute atomic E-state index is 0.0270. The van der Waals surface area contributed by atoms with Crippen LogP contribution in [0.2, 0.25) is 0 Å². The van der Waals surface area contributed by atoms with Crippen LogP contribution in [0.5, 0.6) is 0 Å². The first-order valence-electron chi connectivity index (χ1n) is 14.0. The number of nitrogens with one attached hydrogen (secondary N) is 2. The second-order valence-electron chi connectivity index (χ2n) is 10.4. The Morgan fingerprint density at radius 1 is 0.978 bits per heavy atom. The van der Waals surface area contributed by atoms with Crippen molar-refractivity contribution >= 4 is 28.5 Å². The summed E-state index contributed by atoms with van der Waals surface area (Å²) in [7, 11) is 0. The van der Waals surface area contributed by atoms with Gasteiger partial charge in [-0.15, -0.1) is 0 Å². The fraction of sp³-hybridized carbons (Fsp3) is 0.182. The van der Waals surface area contributed by atoms with Gasteiger partial charge in [-0.2, -0.15) is 13.2 Å². The molecule has 0 saturated carbocycles. The number of carbonyl (C=O) groups is 2. The van der Waals surface area contributed by atoms with Crippen molar-refractivity contribution in [2.45, 2.75) is 19.1 Å². The van der Waals surface area contributed by atoms with E-state index in [1.807, 2.05) is 42.5 Å². The molecule has 9 nitrogen and oxygen atoms in total. The van der Waals surface area contributed by atoms with Gasteiger partial charge in [0.15, 0.2) is 0 Å². The molecule has 1 fully saturated rings. The Bertz CT molecular complexity index is 1850. The van der Waals surface area contributed by atoms with Crippen molar-refractivity contribution in [3.63, 3.8) is 0 Å². The molecule has 6 rings (SSSR count). The monoisotopic (exact) mass is 615 g/mol. The van der Waals surface area contributed by atoms with Gasteiger partial charge in [-0.05, 0) is 48.4 Å². The summed E-state index contributed by atoms with van der Waals surface area (Å²) in [4.78, 5) is 48.0. The number of H-pyrrole nitrogens is 1. The molecule has 1 saturated heterocycles. The van der Waals surface area contributed by atoms with Gasteiger partial charge in [-0.3, -0.25) is 19.5 Å². The number of rotatable bonds is 6. The van der Waals surface area contributed by atoms with E-state index in [2.05, 4.69) is 44.5 Å². The number of aromatic nitrogens is 3. The largest absolute Gasteiger partial charge is 0.490 e. The van der Waals surface area contributed by atoms with E-state index in [9.17, 15) is 22.8 Å². The molecule has 0 bridgehead atoms. The van der Waals surface area contributed by atoms with Gasteiger partial charge >= 0.3 is 12.1 Å². The molecule has 0 unspecified atom stereocenters. The van der Waals surface area contributed by atoms with E-state index >= 15 is 0 Å². The standard InChI is InChI=1S/C31H27N5O2.C2HF3O2/c37-30(34-25-10-14-32-15-11-25)24-13-17-36(20-24)19-21-6-8-23(9-7-21)29-26(22-4-2-1-3-5-22)18-27-28(35-29)12-16-33-31(27)38;3-2(4,5)1(6)7/h1-12,14-16,18,24H,13,17,19-20H2,(H,33,38)(H,32,34,37);(H,6,7)/t24-;/m1./s1. The Labute approximate surface area is 255 Å². The highest BCUT2D eigenvalue weighted by Gasteiger charge is 2.38. The normalized spacial score (nSPS) is 14.9. The number of carbonyl (C=O) groups excluding carboxylic acids is 1. The minimum Gasteiger partial charge on any atom is -0.475 e. The molecular formula is C33H28F3N5O4. The third kappa shape index (κ3) is 7.78. The molecule has 45 heavy (non-hydrogen) atoms. The minimum atomic E-state index is -5.08. The molecule has 1 aliphatic rings. The number of fused-ring (bicyclic) bond motifs is 1. The molecule has 5 aromatic rings. The van der Waals surface area contributed by atoms with Crippen LogP contribution in [-0.4, -0.2) is 56.1 Å². The number of benzene rings is 2. The second-order valence-corrected chi connectivity index (χ2v) is 10.4. The van der Waals surface area contributed by atoms with Crippen LogP contribution in [0.4, 0.5) is 18.9 Å². The van der Waals surface area contributed by atoms with E-state index in [-0.39, 0.29) is 17.4 Å². The topological polar surface area (TPSA) is 128 Å². The molecule has 2 aromatic carbocycles. The van der Waals surface area contributed by atoms with Gasteiger partial charge in [0, 0.05) is 48.5 Å². The Hall–Kier alpha value is -5.36. The average Bonchev–Trinajstić information content (AvgIpc) is 3.51. The highest BCUT2D eigenvalue weighted by molar-refractivity contribution is 5.93. The Morgan fingerprint density at radius 3 is 2.33 bits per heavy atom. The number of pyridine rings is 3. The van der Waals surface area contributed by atoms with Gasteiger partial charge in [0.1, 0.15) is 0 Å². The Morgan fingerprint density at radius 2 is 1.67 bits per heavy atom. The molecule has 4 heterocycles. The molecule has 3 aromatic heterocycles. The maximum absolute atomic E-state index is 12.7. The van der Waals surface area contributed by atoms with Crippen molar-refractivity contribution in [1.82, 2.24) is 19.9 Å². The molecule has 3 N–H and O–H groups in total. The molecule has 0 spiro atoms. The van der Waals surface area contributed by atoms with E-state index in [0.717, 1.165) is 54.1 Å². The molecule has 230 valence electrons. The van der Waals surface area contributed by atoms with Crippen LogP contribution >= 0.6 is 0 Å². The number of halogens is 3. The number of hydrogen-bond acceptors (Lipinski definition) is 6. The highest BCUT2D eigenvalue weighted by Crippen LogP contribution is 2.33. The molecule has 12 heteroatoms. The molecular weight excluding hydrogens is 587 g/mol. The van der Waals surface area contributed by atoms with E-state index < -0.39 is 12.1 Å². The first-order valence-corrected chi connectivity index (χ1v) is 14.0. The highest BCUT2D eigenvalue weighted by atomic mass is 19.4. The van der Waals surface area contributed by atoms with Crippen LogP contribution in [0.15, 0.2) is 102 Å². The quantitative estimate of drug-likeness (QED) is 0.222. The summed E-state index contributed by atoms with van der Waals surface area (Å²) >= 11 is 0. The number of aromatic amines is 1. The maximum atomic E-state index is 12.7. The zero-order valence-electron chi connectivity index (χ0n) is 23.8. The van der Waals surface area contributed by atoms with Crippen LogP contribution < -0.4 is 10.9 Å². The fourth-order valence-corrected chi connectivity index (χ4v) is 5.06. The number of aliphatic carboxylic acids is 1. The smallest absolute Gasteiger partial charge is 0.475 e. The summed E-state index contributed by atoms with van der Waals surface area (Å²) in [6.07, 6.45) is 0.745. The van der Waals surface area contributed by atoms with E-state index in [0.29, 0.717) is 10.9 Å². The summed E-state index contributed by atoms with van der Waals surface area (Å²) in [5.74, 6) is -2.72. The van der Waals surface area contributed by atoms with Crippen LogP contribution in [-0.2, 0) is 16.1 Å². The molecule has 0 radical (unpaired) electrons. The van der Waals surface area contributed by atoms with Crippen LogP contribution in [0.3, 0.4) is 0 Å². The number of carboxylic acid groups (broad SMARTS) is 1. The SMILES string of the molecule is O=C(Nc1ccncc1)[C@@H]1CCN(Cc2ccc(-c3nc4cc[nH]c(=O)c4cc3-c3ccccc3)cc2)C1.O=C(O)C(F)(F)F. The lowest BCUT2D eigenvalue weighted by Crippen LogP contribution is -2.26. The summed E-state index contributed by atoms with van der Waals surface area (Å²) in [6.45, 7) is 2.40. The number of amides is 1. The van der Waals surface area contributed by atoms with Crippen LogP contribution in [0.1, 0.15) is 12.0 Å². The second kappa shape index (κ2) is 13.5. The number of hydrogen-bond donors (Lipinski definition) is 3. The van der Waals surface area contributed by atoms with Crippen molar-refractivity contribution in [1.29, 1.82) is 0 Å². The van der Waals surface area contributed by atoms with Gasteiger partial charge < -0.3 is 15.4 Å². The van der Waals surface area contributed by atoms with Crippen molar-refractivity contribution in [2.24, 2.45) is 5.92 Å². The number of anilines is 1. The lowest BCUT2D eigenvalue weighted by Gasteiger charge is -2.17. The molecule has 0 aliphatic carbocycles. The van der Waals surface area contributed by atoms with Crippen molar-refractivity contribution in [2.75, 3.05) is 18.4 Å². The number of carboxylic acids is 1. The molecule has 1 atom stereocenters. The first kappa shape index (κ1) is 31.1. The lowest BCUT2D eigenvalue weighted by atomic mass is 9.97. The van der Waals surface area contributed by atoms with E-state index in [4.69, 9.17) is 14.9 Å². The molecule has 1 amide bonds.